The van der Waals surface area contributed by atoms with Crippen molar-refractivity contribution in [1.29, 1.82) is 0 Å². The van der Waals surface area contributed by atoms with Crippen LogP contribution in [0.5, 0.6) is 0 Å². The van der Waals surface area contributed by atoms with Crippen LogP contribution in [0.2, 0.25) is 0 Å². The van der Waals surface area contributed by atoms with Crippen LogP contribution in [0.15, 0.2) is 24.4 Å². The molecule has 1 fully saturated rings. The Morgan fingerprint density at radius 3 is 3.05 bits per heavy atom. The van der Waals surface area contributed by atoms with Gasteiger partial charge >= 0.3 is 0 Å². The second-order valence-corrected chi connectivity index (χ2v) is 6.02. The zero-order valence-corrected chi connectivity index (χ0v) is 13.1. The molecule has 21 heavy (non-hydrogen) atoms. The summed E-state index contributed by atoms with van der Waals surface area (Å²) < 4.78 is 7.88. The number of nitrogens with zero attached hydrogens (tertiary/aromatic N) is 3. The van der Waals surface area contributed by atoms with Crippen LogP contribution in [-0.4, -0.2) is 42.2 Å². The van der Waals surface area contributed by atoms with E-state index in [4.69, 9.17) is 9.72 Å². The van der Waals surface area contributed by atoms with E-state index in [9.17, 15) is 0 Å². The van der Waals surface area contributed by atoms with E-state index in [1.54, 1.807) is 0 Å². The molecule has 1 saturated heterocycles. The number of imidazole rings is 1. The average Bonchev–Trinajstić information content (AvgIpc) is 2.87. The van der Waals surface area contributed by atoms with Crippen molar-refractivity contribution >= 4 is 11.5 Å². The Bertz CT molecular complexity index is 624. The van der Waals surface area contributed by atoms with Crippen molar-refractivity contribution in [2.75, 3.05) is 32.1 Å². The summed E-state index contributed by atoms with van der Waals surface area (Å²) in [5.41, 5.74) is 2.14. The Morgan fingerprint density at radius 1 is 1.43 bits per heavy atom. The number of aromatic nitrogens is 2. The van der Waals surface area contributed by atoms with Crippen LogP contribution < -0.4 is 10.2 Å². The Hall–Kier alpha value is -1.59. The molecule has 0 saturated carbocycles. The molecule has 0 radical (unpaired) electrons. The molecule has 1 aliphatic rings. The number of hydrogen-bond donors (Lipinski definition) is 1. The molecule has 1 N–H and O–H groups in total. The molecule has 5 nitrogen and oxygen atoms in total. The van der Waals surface area contributed by atoms with Gasteiger partial charge in [-0.05, 0) is 38.9 Å². The van der Waals surface area contributed by atoms with Crippen LogP contribution in [0.25, 0.3) is 5.65 Å². The third kappa shape index (κ3) is 2.63. The third-order valence-corrected chi connectivity index (χ3v) is 4.40. The van der Waals surface area contributed by atoms with Gasteiger partial charge < -0.3 is 19.4 Å². The van der Waals surface area contributed by atoms with Crippen molar-refractivity contribution in [3.05, 3.63) is 30.1 Å². The number of fused-ring (bicyclic) bond motifs is 1. The second kappa shape index (κ2) is 5.66. The zero-order chi connectivity index (χ0) is 14.9. The van der Waals surface area contributed by atoms with Crippen molar-refractivity contribution in [2.24, 2.45) is 0 Å². The molecule has 1 aliphatic heterocycles. The van der Waals surface area contributed by atoms with Crippen LogP contribution in [0, 0.1) is 0 Å². The molecule has 0 bridgehead atoms. The fourth-order valence-corrected chi connectivity index (χ4v) is 3.17. The lowest BCUT2D eigenvalue weighted by molar-refractivity contribution is -0.00483. The van der Waals surface area contributed by atoms with E-state index < -0.39 is 0 Å². The summed E-state index contributed by atoms with van der Waals surface area (Å²) in [5, 5.41) is 3.26. The molecule has 0 amide bonds. The van der Waals surface area contributed by atoms with Gasteiger partial charge in [0.05, 0.1) is 11.3 Å². The van der Waals surface area contributed by atoms with Crippen molar-refractivity contribution in [3.8, 4) is 0 Å². The highest BCUT2D eigenvalue weighted by Crippen LogP contribution is 2.30. The molecule has 0 aliphatic carbocycles. The van der Waals surface area contributed by atoms with Crippen LogP contribution in [-0.2, 0) is 11.3 Å². The molecule has 1 unspecified atom stereocenters. The van der Waals surface area contributed by atoms with E-state index in [-0.39, 0.29) is 5.60 Å². The number of piperidine rings is 1. The minimum atomic E-state index is -0.0784. The van der Waals surface area contributed by atoms with Crippen LogP contribution in [0.4, 0.5) is 5.82 Å². The lowest BCUT2D eigenvalue weighted by Crippen LogP contribution is -2.48. The largest absolute Gasteiger partial charge is 0.377 e. The van der Waals surface area contributed by atoms with Crippen LogP contribution in [0.1, 0.15) is 25.5 Å². The summed E-state index contributed by atoms with van der Waals surface area (Å²) in [4.78, 5) is 7.22. The highest BCUT2D eigenvalue weighted by atomic mass is 16.5. The van der Waals surface area contributed by atoms with Gasteiger partial charge in [-0.15, -0.1) is 0 Å². The first-order chi connectivity index (χ1) is 10.2. The molecular weight excluding hydrogens is 264 g/mol. The van der Waals surface area contributed by atoms with Gasteiger partial charge in [0.1, 0.15) is 5.65 Å². The van der Waals surface area contributed by atoms with E-state index in [1.165, 1.54) is 5.69 Å². The highest BCUT2D eigenvalue weighted by Gasteiger charge is 2.32. The molecule has 3 rings (SSSR count). The van der Waals surface area contributed by atoms with Crippen molar-refractivity contribution in [3.63, 3.8) is 0 Å². The van der Waals surface area contributed by atoms with E-state index in [2.05, 4.69) is 33.8 Å². The first-order valence-corrected chi connectivity index (χ1v) is 7.57. The Morgan fingerprint density at radius 2 is 2.29 bits per heavy atom. The van der Waals surface area contributed by atoms with E-state index in [1.807, 2.05) is 26.3 Å². The van der Waals surface area contributed by atoms with Gasteiger partial charge in [-0.3, -0.25) is 0 Å². The van der Waals surface area contributed by atoms with Gasteiger partial charge in [-0.2, -0.15) is 0 Å². The molecule has 0 aromatic carbocycles. The molecule has 3 heterocycles. The lowest BCUT2D eigenvalue weighted by atomic mass is 9.95. The molecule has 2 aromatic rings. The predicted octanol–water partition coefficient (Wildman–Crippen LogP) is 2.06. The Labute approximate surface area is 125 Å². The molecule has 5 heteroatoms. The van der Waals surface area contributed by atoms with E-state index >= 15 is 0 Å². The average molecular weight is 288 g/mol. The van der Waals surface area contributed by atoms with Gasteiger partial charge in [0.25, 0.3) is 0 Å². The Balaban J connectivity index is 2.01. The van der Waals surface area contributed by atoms with Crippen molar-refractivity contribution in [2.45, 2.75) is 31.9 Å². The fourth-order valence-electron chi connectivity index (χ4n) is 3.17. The molecule has 0 spiro atoms. The summed E-state index contributed by atoms with van der Waals surface area (Å²) in [6.45, 7) is 4.93. The van der Waals surface area contributed by atoms with Gasteiger partial charge in [-0.1, -0.05) is 6.07 Å². The van der Waals surface area contributed by atoms with Crippen LogP contribution >= 0.6 is 0 Å². The molecule has 114 valence electrons. The number of hydrogen-bond acceptors (Lipinski definition) is 4. The summed E-state index contributed by atoms with van der Waals surface area (Å²) in [6, 6.07) is 6.14. The summed E-state index contributed by atoms with van der Waals surface area (Å²) in [6.07, 6.45) is 4.32. The maximum absolute atomic E-state index is 5.71. The fraction of sp³-hybridized carbons (Fsp3) is 0.562. The number of rotatable bonds is 4. The number of ether oxygens (including phenoxy) is 1. The first-order valence-electron chi connectivity index (χ1n) is 7.57. The minimum absolute atomic E-state index is 0.0784. The quantitative estimate of drug-likeness (QED) is 0.935. The smallest absolute Gasteiger partial charge is 0.152 e. The number of methoxy groups -OCH3 is 1. The predicted molar refractivity (Wildman–Crippen MR) is 84.8 cm³/mol. The topological polar surface area (TPSA) is 41.8 Å². The number of anilines is 1. The summed E-state index contributed by atoms with van der Waals surface area (Å²) >= 11 is 0. The third-order valence-electron chi connectivity index (χ3n) is 4.40. The molecule has 1 atom stereocenters. The standard InChI is InChI=1S/C16H24N4O/c1-16(21-3)8-6-9-19(12-16)15-13(11-17-2)20-10-5-4-7-14(20)18-15/h4-5,7,10,17H,6,8-9,11-12H2,1-3H3. The van der Waals surface area contributed by atoms with Crippen LogP contribution in [0.3, 0.4) is 0 Å². The molecular formula is C16H24N4O. The van der Waals surface area contributed by atoms with E-state index in [0.29, 0.717) is 0 Å². The van der Waals surface area contributed by atoms with Gasteiger partial charge in [-0.25, -0.2) is 4.98 Å². The van der Waals surface area contributed by atoms with Gasteiger partial charge in [0, 0.05) is 32.9 Å². The zero-order valence-electron chi connectivity index (χ0n) is 13.1. The van der Waals surface area contributed by atoms with Crippen molar-refractivity contribution < 1.29 is 4.74 Å². The SMILES string of the molecule is CNCc1c(N2CCCC(C)(OC)C2)nc2ccccn12. The summed E-state index contributed by atoms with van der Waals surface area (Å²) in [5.74, 6) is 1.08. The monoisotopic (exact) mass is 288 g/mol. The minimum Gasteiger partial charge on any atom is -0.377 e. The summed E-state index contributed by atoms with van der Waals surface area (Å²) in [7, 11) is 3.78. The van der Waals surface area contributed by atoms with Crippen molar-refractivity contribution in [1.82, 2.24) is 14.7 Å². The highest BCUT2D eigenvalue weighted by molar-refractivity contribution is 5.56. The maximum Gasteiger partial charge on any atom is 0.152 e. The lowest BCUT2D eigenvalue weighted by Gasteiger charge is -2.40. The molecule has 2 aromatic heterocycles. The maximum atomic E-state index is 5.71. The second-order valence-electron chi connectivity index (χ2n) is 6.02. The number of pyridine rings is 1. The van der Waals surface area contributed by atoms with Gasteiger partial charge in [0.2, 0.25) is 0 Å². The van der Waals surface area contributed by atoms with Gasteiger partial charge in [0.15, 0.2) is 5.82 Å². The first kappa shape index (κ1) is 14.4. The Kier molecular flexibility index (Phi) is 3.87. The number of nitrogens with one attached hydrogen (secondary N) is 1. The normalized spacial score (nSPS) is 22.9. The van der Waals surface area contributed by atoms with E-state index in [0.717, 1.165) is 43.9 Å².